The summed E-state index contributed by atoms with van der Waals surface area (Å²) in [5.74, 6) is 1.02. The van der Waals surface area contributed by atoms with E-state index in [0.717, 1.165) is 31.0 Å². The van der Waals surface area contributed by atoms with Crippen molar-refractivity contribution >= 4 is 24.0 Å². The molecule has 3 aliphatic rings. The van der Waals surface area contributed by atoms with E-state index in [1.807, 2.05) is 6.07 Å². The van der Waals surface area contributed by atoms with E-state index in [2.05, 4.69) is 22.3 Å². The van der Waals surface area contributed by atoms with Gasteiger partial charge in [0.2, 0.25) is 0 Å². The summed E-state index contributed by atoms with van der Waals surface area (Å²) >= 11 is 0. The van der Waals surface area contributed by atoms with Crippen molar-refractivity contribution in [1.29, 1.82) is 0 Å². The molecule has 1 saturated heterocycles. The van der Waals surface area contributed by atoms with Crippen LogP contribution in [0.3, 0.4) is 0 Å². The summed E-state index contributed by atoms with van der Waals surface area (Å²) in [6.07, 6.45) is 8.72. The summed E-state index contributed by atoms with van der Waals surface area (Å²) in [6, 6.07) is 6.71. The molecule has 4 heteroatoms. The normalized spacial score (nSPS) is 26.5. The molecule has 2 unspecified atom stereocenters. The van der Waals surface area contributed by atoms with Crippen LogP contribution in [-0.4, -0.2) is 29.9 Å². The molecule has 120 valence electrons. The second-order valence-electron chi connectivity index (χ2n) is 6.80. The van der Waals surface area contributed by atoms with E-state index in [-0.39, 0.29) is 18.3 Å². The fraction of sp³-hybridized carbons (Fsp3) is 0.611. The number of anilines is 1. The van der Waals surface area contributed by atoms with Crippen molar-refractivity contribution in [3.05, 3.63) is 29.3 Å². The van der Waals surface area contributed by atoms with Crippen molar-refractivity contribution in [2.75, 3.05) is 18.4 Å². The molecule has 1 aromatic rings. The quantitative estimate of drug-likeness (QED) is 0.852. The van der Waals surface area contributed by atoms with E-state index in [9.17, 15) is 4.79 Å². The molecule has 0 radical (unpaired) electrons. The van der Waals surface area contributed by atoms with Crippen molar-refractivity contribution < 1.29 is 4.79 Å². The zero-order valence-corrected chi connectivity index (χ0v) is 13.8. The van der Waals surface area contributed by atoms with Crippen LogP contribution in [0.2, 0.25) is 0 Å². The molecule has 1 aliphatic carbocycles. The molecular weight excluding hydrogens is 296 g/mol. The molecule has 2 aliphatic heterocycles. The molecule has 1 amide bonds. The van der Waals surface area contributed by atoms with Crippen LogP contribution >= 0.6 is 12.4 Å². The average molecular weight is 321 g/mol. The van der Waals surface area contributed by atoms with Gasteiger partial charge in [-0.2, -0.15) is 0 Å². The fourth-order valence-electron chi connectivity index (χ4n) is 4.48. The number of hydrogen-bond donors (Lipinski definition) is 1. The molecule has 0 bridgehead atoms. The first-order chi connectivity index (χ1) is 10.3. The lowest BCUT2D eigenvalue weighted by atomic mass is 9.78. The first-order valence-electron chi connectivity index (χ1n) is 8.51. The number of hydrogen-bond acceptors (Lipinski definition) is 2. The lowest BCUT2D eigenvalue weighted by molar-refractivity contribution is 0.0390. The third kappa shape index (κ3) is 2.71. The molecule has 4 rings (SSSR count). The fourth-order valence-corrected chi connectivity index (χ4v) is 4.48. The van der Waals surface area contributed by atoms with Gasteiger partial charge in [0.1, 0.15) is 0 Å². The minimum atomic E-state index is 0. The van der Waals surface area contributed by atoms with E-state index >= 15 is 0 Å². The lowest BCUT2D eigenvalue weighted by Crippen LogP contribution is -2.49. The predicted octanol–water partition coefficient (Wildman–Crippen LogP) is 3.87. The maximum atomic E-state index is 13.0. The smallest absolute Gasteiger partial charge is 0.254 e. The van der Waals surface area contributed by atoms with Gasteiger partial charge < -0.3 is 10.2 Å². The van der Waals surface area contributed by atoms with Crippen LogP contribution < -0.4 is 5.32 Å². The van der Waals surface area contributed by atoms with E-state index in [0.29, 0.717) is 6.04 Å². The molecule has 3 nitrogen and oxygen atoms in total. The Bertz CT molecular complexity index is 558. The lowest BCUT2D eigenvalue weighted by Gasteiger charge is -2.44. The Hall–Kier alpha value is -1.22. The monoisotopic (exact) mass is 320 g/mol. The van der Waals surface area contributed by atoms with E-state index in [1.165, 1.54) is 49.8 Å². The first kappa shape index (κ1) is 15.7. The van der Waals surface area contributed by atoms with Gasteiger partial charge in [0.25, 0.3) is 5.91 Å². The number of nitrogens with zero attached hydrogens (tertiary/aromatic N) is 1. The number of likely N-dealkylation sites (tertiary alicyclic amines) is 1. The first-order valence-corrected chi connectivity index (χ1v) is 8.51. The molecule has 0 aromatic heterocycles. The molecule has 2 fully saturated rings. The van der Waals surface area contributed by atoms with Gasteiger partial charge in [-0.3, -0.25) is 4.79 Å². The number of amides is 1. The maximum absolute atomic E-state index is 13.0. The number of halogens is 1. The summed E-state index contributed by atoms with van der Waals surface area (Å²) in [6.45, 7) is 1.96. The van der Waals surface area contributed by atoms with Crippen LogP contribution in [0, 0.1) is 5.92 Å². The van der Waals surface area contributed by atoms with Gasteiger partial charge in [-0.05, 0) is 61.8 Å². The van der Waals surface area contributed by atoms with Gasteiger partial charge >= 0.3 is 0 Å². The third-order valence-electron chi connectivity index (χ3n) is 5.57. The Morgan fingerprint density at radius 2 is 1.95 bits per heavy atom. The van der Waals surface area contributed by atoms with Gasteiger partial charge in [-0.25, -0.2) is 0 Å². The molecule has 0 spiro atoms. The summed E-state index contributed by atoms with van der Waals surface area (Å²) in [5.41, 5.74) is 3.41. The van der Waals surface area contributed by atoms with Crippen LogP contribution in [0.5, 0.6) is 0 Å². The predicted molar refractivity (Wildman–Crippen MR) is 91.9 cm³/mol. The van der Waals surface area contributed by atoms with E-state index < -0.39 is 0 Å². The van der Waals surface area contributed by atoms with Gasteiger partial charge in [0.15, 0.2) is 0 Å². The van der Waals surface area contributed by atoms with Crippen molar-refractivity contribution in [3.63, 3.8) is 0 Å². The summed E-state index contributed by atoms with van der Waals surface area (Å²) in [7, 11) is 0. The largest absolute Gasteiger partial charge is 0.384 e. The summed E-state index contributed by atoms with van der Waals surface area (Å²) in [4.78, 5) is 15.2. The minimum absolute atomic E-state index is 0. The number of piperidine rings is 1. The highest BCUT2D eigenvalue weighted by molar-refractivity contribution is 5.95. The van der Waals surface area contributed by atoms with Crippen LogP contribution in [0.15, 0.2) is 18.2 Å². The Kier molecular flexibility index (Phi) is 4.62. The van der Waals surface area contributed by atoms with E-state index in [1.54, 1.807) is 0 Å². The van der Waals surface area contributed by atoms with Crippen LogP contribution in [-0.2, 0) is 6.42 Å². The van der Waals surface area contributed by atoms with Crippen LogP contribution in [0.1, 0.15) is 54.4 Å². The SMILES string of the molecule is Cl.O=C(c1ccc2c(c1)CCN2)N1CCCC2CCCCC21. The van der Waals surface area contributed by atoms with Crippen LogP contribution in [0.4, 0.5) is 5.69 Å². The zero-order valence-electron chi connectivity index (χ0n) is 13.0. The molecule has 1 N–H and O–H groups in total. The summed E-state index contributed by atoms with van der Waals surface area (Å²) in [5, 5.41) is 3.37. The topological polar surface area (TPSA) is 32.3 Å². The van der Waals surface area contributed by atoms with Crippen molar-refractivity contribution in [1.82, 2.24) is 4.90 Å². The van der Waals surface area contributed by atoms with Gasteiger partial charge in [-0.15, -0.1) is 12.4 Å². The standard InChI is InChI=1S/C18H24N2O.ClH/c21-18(15-7-8-16-14(12-15)9-10-19-16)20-11-3-5-13-4-1-2-6-17(13)20;/h7-8,12-13,17,19H,1-6,9-11H2;1H. The second-order valence-corrected chi connectivity index (χ2v) is 6.80. The number of benzene rings is 1. The number of rotatable bonds is 1. The van der Waals surface area contributed by atoms with Gasteiger partial charge in [0, 0.05) is 30.4 Å². The van der Waals surface area contributed by atoms with Gasteiger partial charge in [0.05, 0.1) is 0 Å². The van der Waals surface area contributed by atoms with Crippen molar-refractivity contribution in [3.8, 4) is 0 Å². The third-order valence-corrected chi connectivity index (χ3v) is 5.57. The van der Waals surface area contributed by atoms with Crippen molar-refractivity contribution in [2.24, 2.45) is 5.92 Å². The molecular formula is C18H25ClN2O. The number of carbonyl (C=O) groups is 1. The highest BCUT2D eigenvalue weighted by Crippen LogP contribution is 2.36. The minimum Gasteiger partial charge on any atom is -0.384 e. The average Bonchev–Trinajstić information content (AvgIpc) is 3.01. The number of fused-ring (bicyclic) bond motifs is 2. The maximum Gasteiger partial charge on any atom is 0.254 e. The molecule has 1 saturated carbocycles. The van der Waals surface area contributed by atoms with Crippen LogP contribution in [0.25, 0.3) is 0 Å². The molecule has 2 heterocycles. The Morgan fingerprint density at radius 1 is 1.14 bits per heavy atom. The Balaban J connectivity index is 0.00000144. The van der Waals surface area contributed by atoms with Gasteiger partial charge in [-0.1, -0.05) is 12.8 Å². The zero-order chi connectivity index (χ0) is 14.2. The molecule has 1 aromatic carbocycles. The second kappa shape index (κ2) is 6.49. The number of carbonyl (C=O) groups excluding carboxylic acids is 1. The highest BCUT2D eigenvalue weighted by atomic mass is 35.5. The van der Waals surface area contributed by atoms with E-state index in [4.69, 9.17) is 0 Å². The number of nitrogens with one attached hydrogen (secondary N) is 1. The van der Waals surface area contributed by atoms with Crippen molar-refractivity contribution in [2.45, 2.75) is 51.0 Å². The Labute approximate surface area is 138 Å². The highest BCUT2D eigenvalue weighted by Gasteiger charge is 2.36. The molecule has 2 atom stereocenters. The molecule has 22 heavy (non-hydrogen) atoms. The summed E-state index contributed by atoms with van der Waals surface area (Å²) < 4.78 is 0. The Morgan fingerprint density at radius 3 is 2.86 bits per heavy atom.